The number of rotatable bonds is 1. The number of halogens is 1. The SMILES string of the molecule is CC1CCN(c2ccc3nccnc3n2)CC1Cl. The number of piperidine rings is 1. The quantitative estimate of drug-likeness (QED) is 0.741. The molecule has 0 aromatic carbocycles. The van der Waals surface area contributed by atoms with Crippen molar-refractivity contribution >= 4 is 28.6 Å². The molecule has 94 valence electrons. The molecule has 0 bridgehead atoms. The first-order chi connectivity index (χ1) is 8.74. The molecule has 1 saturated heterocycles. The summed E-state index contributed by atoms with van der Waals surface area (Å²) in [7, 11) is 0. The minimum Gasteiger partial charge on any atom is -0.355 e. The summed E-state index contributed by atoms with van der Waals surface area (Å²) in [6, 6.07) is 3.96. The Morgan fingerprint density at radius 1 is 1.28 bits per heavy atom. The van der Waals surface area contributed by atoms with Gasteiger partial charge in [0.2, 0.25) is 0 Å². The fourth-order valence-electron chi connectivity index (χ4n) is 2.25. The number of hydrogen-bond acceptors (Lipinski definition) is 4. The average molecular weight is 263 g/mol. The Hall–Kier alpha value is -1.42. The number of aromatic nitrogens is 3. The van der Waals surface area contributed by atoms with Gasteiger partial charge >= 0.3 is 0 Å². The molecule has 2 atom stereocenters. The van der Waals surface area contributed by atoms with Gasteiger partial charge in [0.15, 0.2) is 5.65 Å². The molecule has 4 nitrogen and oxygen atoms in total. The number of alkyl halides is 1. The summed E-state index contributed by atoms with van der Waals surface area (Å²) >= 11 is 6.33. The molecule has 5 heteroatoms. The Kier molecular flexibility index (Phi) is 3.04. The minimum absolute atomic E-state index is 0.193. The van der Waals surface area contributed by atoms with Gasteiger partial charge in [0, 0.05) is 25.5 Å². The van der Waals surface area contributed by atoms with E-state index in [1.807, 2.05) is 12.1 Å². The number of fused-ring (bicyclic) bond motifs is 1. The van der Waals surface area contributed by atoms with Crippen LogP contribution in [-0.2, 0) is 0 Å². The lowest BCUT2D eigenvalue weighted by Gasteiger charge is -2.34. The van der Waals surface area contributed by atoms with Crippen molar-refractivity contribution in [3.05, 3.63) is 24.5 Å². The van der Waals surface area contributed by atoms with Crippen LogP contribution in [0.4, 0.5) is 5.82 Å². The van der Waals surface area contributed by atoms with Crippen LogP contribution in [0.1, 0.15) is 13.3 Å². The highest BCUT2D eigenvalue weighted by molar-refractivity contribution is 6.21. The maximum absolute atomic E-state index is 6.33. The Balaban J connectivity index is 1.90. The van der Waals surface area contributed by atoms with Crippen molar-refractivity contribution in [3.63, 3.8) is 0 Å². The molecule has 18 heavy (non-hydrogen) atoms. The second-order valence-electron chi connectivity index (χ2n) is 4.80. The third-order valence-electron chi connectivity index (χ3n) is 3.51. The zero-order valence-electron chi connectivity index (χ0n) is 10.3. The van der Waals surface area contributed by atoms with E-state index in [4.69, 9.17) is 11.6 Å². The Bertz CT molecular complexity index is 559. The molecule has 0 amide bonds. The van der Waals surface area contributed by atoms with E-state index < -0.39 is 0 Å². The number of anilines is 1. The topological polar surface area (TPSA) is 41.9 Å². The first-order valence-corrected chi connectivity index (χ1v) is 6.64. The molecule has 1 fully saturated rings. The first kappa shape index (κ1) is 11.7. The lowest BCUT2D eigenvalue weighted by atomic mass is 9.99. The largest absolute Gasteiger partial charge is 0.355 e. The van der Waals surface area contributed by atoms with Gasteiger partial charge in [-0.25, -0.2) is 9.97 Å². The van der Waals surface area contributed by atoms with Gasteiger partial charge < -0.3 is 4.90 Å². The molecular formula is C13H15ClN4. The predicted molar refractivity (Wildman–Crippen MR) is 73.0 cm³/mol. The Labute approximate surface area is 111 Å². The van der Waals surface area contributed by atoms with Gasteiger partial charge in [-0.3, -0.25) is 4.98 Å². The zero-order valence-corrected chi connectivity index (χ0v) is 11.0. The molecule has 2 aromatic rings. The van der Waals surface area contributed by atoms with Gasteiger partial charge in [-0.1, -0.05) is 6.92 Å². The van der Waals surface area contributed by atoms with Gasteiger partial charge in [-0.05, 0) is 24.5 Å². The van der Waals surface area contributed by atoms with E-state index in [1.165, 1.54) is 0 Å². The molecule has 0 spiro atoms. The van der Waals surface area contributed by atoms with E-state index in [-0.39, 0.29) is 5.38 Å². The van der Waals surface area contributed by atoms with Crippen molar-refractivity contribution in [2.24, 2.45) is 5.92 Å². The summed E-state index contributed by atoms with van der Waals surface area (Å²) in [5, 5.41) is 0.193. The van der Waals surface area contributed by atoms with Crippen molar-refractivity contribution < 1.29 is 0 Å². The molecule has 3 heterocycles. The second-order valence-corrected chi connectivity index (χ2v) is 5.36. The van der Waals surface area contributed by atoms with Crippen molar-refractivity contribution in [3.8, 4) is 0 Å². The van der Waals surface area contributed by atoms with Crippen molar-refractivity contribution in [2.75, 3.05) is 18.0 Å². The second kappa shape index (κ2) is 4.69. The molecule has 2 unspecified atom stereocenters. The van der Waals surface area contributed by atoms with Crippen LogP contribution in [0.2, 0.25) is 0 Å². The lowest BCUT2D eigenvalue weighted by Crippen LogP contribution is -2.40. The smallest absolute Gasteiger partial charge is 0.180 e. The fourth-order valence-corrected chi connectivity index (χ4v) is 2.54. The third kappa shape index (κ3) is 2.12. The van der Waals surface area contributed by atoms with Crippen molar-refractivity contribution in [1.29, 1.82) is 0 Å². The molecule has 3 rings (SSSR count). The van der Waals surface area contributed by atoms with Gasteiger partial charge in [-0.2, -0.15) is 0 Å². The van der Waals surface area contributed by atoms with E-state index >= 15 is 0 Å². The third-order valence-corrected chi connectivity index (χ3v) is 4.08. The van der Waals surface area contributed by atoms with Gasteiger partial charge in [0.05, 0.1) is 5.38 Å². The monoisotopic (exact) mass is 262 g/mol. The average Bonchev–Trinajstić information content (AvgIpc) is 2.41. The highest BCUT2D eigenvalue weighted by Gasteiger charge is 2.25. The Morgan fingerprint density at radius 3 is 2.94 bits per heavy atom. The van der Waals surface area contributed by atoms with Gasteiger partial charge in [0.1, 0.15) is 11.3 Å². The van der Waals surface area contributed by atoms with E-state index in [9.17, 15) is 0 Å². The first-order valence-electron chi connectivity index (χ1n) is 6.21. The summed E-state index contributed by atoms with van der Waals surface area (Å²) in [6.07, 6.45) is 4.46. The number of pyridine rings is 1. The van der Waals surface area contributed by atoms with Gasteiger partial charge in [-0.15, -0.1) is 11.6 Å². The normalized spacial score (nSPS) is 24.4. The minimum atomic E-state index is 0.193. The summed E-state index contributed by atoms with van der Waals surface area (Å²) in [4.78, 5) is 15.2. The van der Waals surface area contributed by atoms with Crippen LogP contribution >= 0.6 is 11.6 Å². The lowest BCUT2D eigenvalue weighted by molar-refractivity contribution is 0.444. The Morgan fingerprint density at radius 2 is 2.11 bits per heavy atom. The van der Waals surface area contributed by atoms with E-state index in [2.05, 4.69) is 26.8 Å². The van der Waals surface area contributed by atoms with Crippen LogP contribution < -0.4 is 4.90 Å². The van der Waals surface area contributed by atoms with Crippen LogP contribution in [-0.4, -0.2) is 33.4 Å². The van der Waals surface area contributed by atoms with E-state index in [1.54, 1.807) is 12.4 Å². The van der Waals surface area contributed by atoms with Crippen LogP contribution in [0.25, 0.3) is 11.2 Å². The standard InChI is InChI=1S/C13H15ClN4/c1-9-4-7-18(8-10(9)14)12-3-2-11-13(17-12)16-6-5-15-11/h2-3,5-6,9-10H,4,7-8H2,1H3. The summed E-state index contributed by atoms with van der Waals surface area (Å²) < 4.78 is 0. The molecular weight excluding hydrogens is 248 g/mol. The maximum Gasteiger partial charge on any atom is 0.180 e. The molecule has 1 aliphatic heterocycles. The molecule has 0 aliphatic carbocycles. The number of nitrogens with zero attached hydrogens (tertiary/aromatic N) is 4. The molecule has 0 radical (unpaired) electrons. The summed E-state index contributed by atoms with van der Waals surface area (Å²) in [5.41, 5.74) is 1.52. The zero-order chi connectivity index (χ0) is 12.5. The summed E-state index contributed by atoms with van der Waals surface area (Å²) in [5.74, 6) is 1.52. The van der Waals surface area contributed by atoms with Crippen molar-refractivity contribution in [2.45, 2.75) is 18.7 Å². The van der Waals surface area contributed by atoms with Crippen LogP contribution in [0.3, 0.4) is 0 Å². The molecule has 1 aliphatic rings. The highest BCUT2D eigenvalue weighted by Crippen LogP contribution is 2.25. The van der Waals surface area contributed by atoms with E-state index in [0.717, 1.165) is 30.8 Å². The highest BCUT2D eigenvalue weighted by atomic mass is 35.5. The molecule has 0 saturated carbocycles. The van der Waals surface area contributed by atoms with Gasteiger partial charge in [0.25, 0.3) is 0 Å². The summed E-state index contributed by atoms with van der Waals surface area (Å²) in [6.45, 7) is 4.05. The van der Waals surface area contributed by atoms with Crippen LogP contribution in [0, 0.1) is 5.92 Å². The predicted octanol–water partition coefficient (Wildman–Crippen LogP) is 2.48. The molecule has 2 aromatic heterocycles. The van der Waals surface area contributed by atoms with Crippen molar-refractivity contribution in [1.82, 2.24) is 15.0 Å². The van der Waals surface area contributed by atoms with Crippen LogP contribution in [0.15, 0.2) is 24.5 Å². The molecule has 0 N–H and O–H groups in total. The maximum atomic E-state index is 6.33. The van der Waals surface area contributed by atoms with Crippen LogP contribution in [0.5, 0.6) is 0 Å². The number of hydrogen-bond donors (Lipinski definition) is 0. The fraction of sp³-hybridized carbons (Fsp3) is 0.462. The van der Waals surface area contributed by atoms with E-state index in [0.29, 0.717) is 11.6 Å².